The van der Waals surface area contributed by atoms with E-state index in [1.807, 2.05) is 18.7 Å². The molecule has 2 heterocycles. The molecule has 0 bridgehead atoms. The Balaban J connectivity index is 1.77. The van der Waals surface area contributed by atoms with Crippen molar-refractivity contribution in [1.82, 2.24) is 14.9 Å². The number of carbonyl (C=O) groups is 1. The monoisotopic (exact) mass is 406 g/mol. The molecule has 0 N–H and O–H groups in total. The molecule has 0 unspecified atom stereocenters. The van der Waals surface area contributed by atoms with E-state index in [-0.39, 0.29) is 5.91 Å². The van der Waals surface area contributed by atoms with Gasteiger partial charge >= 0.3 is 0 Å². The molecule has 0 saturated carbocycles. The molecular weight excluding hydrogens is 383 g/mol. The summed E-state index contributed by atoms with van der Waals surface area (Å²) in [6.45, 7) is 11.0. The van der Waals surface area contributed by atoms with Gasteiger partial charge in [-0.1, -0.05) is 37.0 Å². The summed E-state index contributed by atoms with van der Waals surface area (Å²) >= 11 is 12.1. The summed E-state index contributed by atoms with van der Waals surface area (Å²) in [6, 6.07) is 4.96. The lowest BCUT2D eigenvalue weighted by Crippen LogP contribution is -2.49. The van der Waals surface area contributed by atoms with Gasteiger partial charge in [-0.2, -0.15) is 0 Å². The second-order valence-corrected chi connectivity index (χ2v) is 8.06. The molecule has 0 radical (unpaired) electrons. The van der Waals surface area contributed by atoms with Gasteiger partial charge in [-0.3, -0.25) is 4.79 Å². The van der Waals surface area contributed by atoms with Crippen molar-refractivity contribution in [3.8, 4) is 0 Å². The minimum absolute atomic E-state index is 0.0434. The lowest BCUT2D eigenvalue weighted by molar-refractivity contribution is 0.0746. The third-order valence-electron chi connectivity index (χ3n) is 4.78. The van der Waals surface area contributed by atoms with Crippen LogP contribution in [0.25, 0.3) is 0 Å². The van der Waals surface area contributed by atoms with Crippen LogP contribution in [0.1, 0.15) is 47.2 Å². The fourth-order valence-electron chi connectivity index (χ4n) is 3.60. The number of aromatic nitrogens is 2. The van der Waals surface area contributed by atoms with Gasteiger partial charge < -0.3 is 9.80 Å². The van der Waals surface area contributed by atoms with Gasteiger partial charge in [0.25, 0.3) is 5.91 Å². The van der Waals surface area contributed by atoms with Crippen LogP contribution in [0.15, 0.2) is 18.2 Å². The number of halogens is 2. The molecule has 1 saturated heterocycles. The summed E-state index contributed by atoms with van der Waals surface area (Å²) in [5.41, 5.74) is 2.74. The van der Waals surface area contributed by atoms with Crippen molar-refractivity contribution in [3.63, 3.8) is 0 Å². The zero-order valence-corrected chi connectivity index (χ0v) is 17.6. The number of rotatable bonds is 3. The van der Waals surface area contributed by atoms with E-state index in [1.54, 1.807) is 18.2 Å². The third kappa shape index (κ3) is 4.36. The average molecular weight is 407 g/mol. The highest BCUT2D eigenvalue weighted by atomic mass is 35.5. The SMILES string of the molecule is Cc1nc(C)c(C(C)C)c(N2CCN(C(=O)c3cc(Cl)cc(Cl)c3)CC2)n1. The molecule has 1 fully saturated rings. The van der Waals surface area contributed by atoms with Crippen molar-refractivity contribution in [2.75, 3.05) is 31.1 Å². The van der Waals surface area contributed by atoms with Crippen molar-refractivity contribution >= 4 is 34.9 Å². The predicted octanol–water partition coefficient (Wildman–Crippen LogP) is 4.49. The van der Waals surface area contributed by atoms with Gasteiger partial charge in [0, 0.05) is 53.0 Å². The highest BCUT2D eigenvalue weighted by Gasteiger charge is 2.26. The molecule has 1 aromatic heterocycles. The Bertz CT molecular complexity index is 841. The Morgan fingerprint density at radius 2 is 1.59 bits per heavy atom. The summed E-state index contributed by atoms with van der Waals surface area (Å²) in [4.78, 5) is 26.1. The molecule has 5 nitrogen and oxygen atoms in total. The summed E-state index contributed by atoms with van der Waals surface area (Å²) in [5, 5.41) is 0.941. The summed E-state index contributed by atoms with van der Waals surface area (Å²) < 4.78 is 0. The minimum atomic E-state index is -0.0434. The maximum atomic E-state index is 12.8. The van der Waals surface area contributed by atoms with Crippen molar-refractivity contribution in [3.05, 3.63) is 50.9 Å². The molecule has 7 heteroatoms. The molecule has 3 rings (SSSR count). The van der Waals surface area contributed by atoms with Crippen LogP contribution in [-0.4, -0.2) is 47.0 Å². The van der Waals surface area contributed by atoms with E-state index in [9.17, 15) is 4.79 Å². The zero-order chi connectivity index (χ0) is 19.7. The summed E-state index contributed by atoms with van der Waals surface area (Å²) in [7, 11) is 0. The Morgan fingerprint density at radius 1 is 1.00 bits per heavy atom. The van der Waals surface area contributed by atoms with Crippen molar-refractivity contribution < 1.29 is 4.79 Å². The van der Waals surface area contributed by atoms with Crippen molar-refractivity contribution in [2.45, 2.75) is 33.6 Å². The number of aryl methyl sites for hydroxylation is 2. The molecular formula is C20H24Cl2N4O. The number of piperazine rings is 1. The number of anilines is 1. The fraction of sp³-hybridized carbons (Fsp3) is 0.450. The topological polar surface area (TPSA) is 49.3 Å². The van der Waals surface area contributed by atoms with Crippen LogP contribution in [0, 0.1) is 13.8 Å². The first-order valence-electron chi connectivity index (χ1n) is 9.11. The number of hydrogen-bond acceptors (Lipinski definition) is 4. The Labute approximate surface area is 170 Å². The van der Waals surface area contributed by atoms with E-state index >= 15 is 0 Å². The van der Waals surface area contributed by atoms with E-state index in [1.165, 1.54) is 5.56 Å². The first kappa shape index (κ1) is 19.9. The summed E-state index contributed by atoms with van der Waals surface area (Å²) in [6.07, 6.45) is 0. The molecule has 1 aliphatic rings. The lowest BCUT2D eigenvalue weighted by Gasteiger charge is -2.37. The van der Waals surface area contributed by atoms with E-state index in [0.717, 1.165) is 30.4 Å². The van der Waals surface area contributed by atoms with Crippen molar-refractivity contribution in [2.24, 2.45) is 0 Å². The number of nitrogens with zero attached hydrogens (tertiary/aromatic N) is 4. The molecule has 1 aliphatic heterocycles. The fourth-order valence-corrected chi connectivity index (χ4v) is 4.13. The maximum Gasteiger partial charge on any atom is 0.254 e. The molecule has 27 heavy (non-hydrogen) atoms. The minimum Gasteiger partial charge on any atom is -0.353 e. The lowest BCUT2D eigenvalue weighted by atomic mass is 10.0. The van der Waals surface area contributed by atoms with Gasteiger partial charge in [0.15, 0.2) is 0 Å². The predicted molar refractivity (Wildman–Crippen MR) is 110 cm³/mol. The molecule has 2 aromatic rings. The smallest absolute Gasteiger partial charge is 0.254 e. The van der Waals surface area contributed by atoms with Crippen LogP contribution in [0.4, 0.5) is 5.82 Å². The maximum absolute atomic E-state index is 12.8. The van der Waals surface area contributed by atoms with Crippen LogP contribution in [0.5, 0.6) is 0 Å². The van der Waals surface area contributed by atoms with Crippen LogP contribution >= 0.6 is 23.2 Å². The number of carbonyl (C=O) groups excluding carboxylic acids is 1. The van der Waals surface area contributed by atoms with E-state index in [0.29, 0.717) is 34.6 Å². The Hall–Kier alpha value is -1.85. The van der Waals surface area contributed by atoms with Gasteiger partial charge in [-0.05, 0) is 38.0 Å². The largest absolute Gasteiger partial charge is 0.353 e. The number of amides is 1. The molecule has 144 valence electrons. The average Bonchev–Trinajstić information content (AvgIpc) is 2.59. The van der Waals surface area contributed by atoms with Gasteiger partial charge in [0.1, 0.15) is 11.6 Å². The highest BCUT2D eigenvalue weighted by Crippen LogP contribution is 2.29. The van der Waals surface area contributed by atoms with E-state index in [2.05, 4.69) is 23.7 Å². The molecule has 1 aromatic carbocycles. The van der Waals surface area contributed by atoms with Crippen LogP contribution in [0.2, 0.25) is 10.0 Å². The van der Waals surface area contributed by atoms with E-state index in [4.69, 9.17) is 28.2 Å². The van der Waals surface area contributed by atoms with Crippen LogP contribution < -0.4 is 4.90 Å². The Morgan fingerprint density at radius 3 is 2.15 bits per heavy atom. The third-order valence-corrected chi connectivity index (χ3v) is 5.22. The zero-order valence-electron chi connectivity index (χ0n) is 16.1. The normalized spacial score (nSPS) is 14.8. The first-order valence-corrected chi connectivity index (χ1v) is 9.87. The highest BCUT2D eigenvalue weighted by molar-refractivity contribution is 6.35. The molecule has 1 amide bonds. The number of hydrogen-bond donors (Lipinski definition) is 0. The first-order chi connectivity index (χ1) is 12.8. The standard InChI is InChI=1S/C20H24Cl2N4O/c1-12(2)18-13(3)23-14(4)24-19(18)25-5-7-26(8-6-25)20(27)15-9-16(21)11-17(22)10-15/h9-12H,5-8H2,1-4H3. The van der Waals surface area contributed by atoms with E-state index < -0.39 is 0 Å². The molecule has 0 atom stereocenters. The summed E-state index contributed by atoms with van der Waals surface area (Å²) in [5.74, 6) is 2.07. The second kappa shape index (κ2) is 8.03. The van der Waals surface area contributed by atoms with Gasteiger partial charge in [-0.15, -0.1) is 0 Å². The van der Waals surface area contributed by atoms with Gasteiger partial charge in [0.2, 0.25) is 0 Å². The van der Waals surface area contributed by atoms with Gasteiger partial charge in [-0.25, -0.2) is 9.97 Å². The quantitative estimate of drug-likeness (QED) is 0.753. The van der Waals surface area contributed by atoms with Crippen LogP contribution in [0.3, 0.4) is 0 Å². The molecule has 0 spiro atoms. The van der Waals surface area contributed by atoms with Gasteiger partial charge in [0.05, 0.1) is 0 Å². The Kier molecular flexibility index (Phi) is 5.92. The van der Waals surface area contributed by atoms with Crippen molar-refractivity contribution in [1.29, 1.82) is 0 Å². The van der Waals surface area contributed by atoms with Crippen LogP contribution in [-0.2, 0) is 0 Å². The second-order valence-electron chi connectivity index (χ2n) is 7.19. The number of benzene rings is 1. The molecule has 0 aliphatic carbocycles.